The molecule has 6 nitrogen and oxygen atoms in total. The van der Waals surface area contributed by atoms with Crippen molar-refractivity contribution in [2.24, 2.45) is 17.6 Å². The fourth-order valence-corrected chi connectivity index (χ4v) is 2.37. The average molecular weight is 258 g/mol. The van der Waals surface area contributed by atoms with Crippen LogP contribution in [0.4, 0.5) is 0 Å². The number of amides is 1. The maximum atomic E-state index is 11.9. The molecular formula is C12H22N2O4. The summed E-state index contributed by atoms with van der Waals surface area (Å²) in [6.45, 7) is 0.788. The average Bonchev–Trinajstić information content (AvgIpc) is 2.37. The Hall–Kier alpha value is -1.14. The maximum Gasteiger partial charge on any atom is 0.329 e. The van der Waals surface area contributed by atoms with E-state index in [9.17, 15) is 9.59 Å². The van der Waals surface area contributed by atoms with Gasteiger partial charge in [0.15, 0.2) is 0 Å². The Morgan fingerprint density at radius 3 is 2.72 bits per heavy atom. The van der Waals surface area contributed by atoms with Crippen LogP contribution in [-0.2, 0) is 14.3 Å². The first kappa shape index (κ1) is 14.9. The first-order valence-electron chi connectivity index (χ1n) is 6.42. The van der Waals surface area contributed by atoms with Crippen LogP contribution in [0.3, 0.4) is 0 Å². The lowest BCUT2D eigenvalue weighted by Crippen LogP contribution is -2.40. The Balaban J connectivity index is 2.20. The summed E-state index contributed by atoms with van der Waals surface area (Å²) in [6.07, 6.45) is 4.13. The summed E-state index contributed by atoms with van der Waals surface area (Å²) in [7, 11) is 0. The lowest BCUT2D eigenvalue weighted by atomic mass is 9.79. The number of hydrogen-bond donors (Lipinski definition) is 3. The summed E-state index contributed by atoms with van der Waals surface area (Å²) in [6, 6.07) is 0. The van der Waals surface area contributed by atoms with Crippen molar-refractivity contribution in [1.82, 2.24) is 5.32 Å². The number of carbonyl (C=O) groups is 2. The van der Waals surface area contributed by atoms with Gasteiger partial charge in [0, 0.05) is 12.5 Å². The molecule has 2 unspecified atom stereocenters. The molecule has 0 aromatic heterocycles. The standard InChI is InChI=1S/C12H22N2O4/c13-7-9-3-1-2-4-10(9)12(17)14-5-6-18-8-11(15)16/h9-10H,1-8,13H2,(H,14,17)(H,15,16). The zero-order valence-corrected chi connectivity index (χ0v) is 10.6. The van der Waals surface area contributed by atoms with E-state index in [0.717, 1.165) is 25.7 Å². The van der Waals surface area contributed by atoms with Crippen LogP contribution < -0.4 is 11.1 Å². The van der Waals surface area contributed by atoms with Gasteiger partial charge in [0.05, 0.1) is 6.61 Å². The number of nitrogens with two attached hydrogens (primary N) is 1. The van der Waals surface area contributed by atoms with E-state index in [2.05, 4.69) is 5.32 Å². The minimum atomic E-state index is -1.00. The van der Waals surface area contributed by atoms with Gasteiger partial charge in [-0.05, 0) is 25.3 Å². The molecule has 0 aromatic carbocycles. The zero-order chi connectivity index (χ0) is 13.4. The lowest BCUT2D eigenvalue weighted by molar-refractivity contribution is -0.142. The maximum absolute atomic E-state index is 11.9. The van der Waals surface area contributed by atoms with E-state index in [0.29, 0.717) is 13.1 Å². The third-order valence-corrected chi connectivity index (χ3v) is 3.32. The topological polar surface area (TPSA) is 102 Å². The number of aliphatic carboxylic acids is 1. The second-order valence-electron chi connectivity index (χ2n) is 4.62. The second kappa shape index (κ2) is 8.05. The van der Waals surface area contributed by atoms with Gasteiger partial charge in [-0.1, -0.05) is 12.8 Å². The molecule has 6 heteroatoms. The first-order valence-corrected chi connectivity index (χ1v) is 6.42. The van der Waals surface area contributed by atoms with E-state index >= 15 is 0 Å². The third kappa shape index (κ3) is 5.01. The van der Waals surface area contributed by atoms with Gasteiger partial charge in [-0.15, -0.1) is 0 Å². The highest BCUT2D eigenvalue weighted by molar-refractivity contribution is 5.79. The molecule has 0 radical (unpaired) electrons. The number of carboxylic acid groups (broad SMARTS) is 1. The molecule has 1 rings (SSSR count). The summed E-state index contributed by atoms with van der Waals surface area (Å²) in [5.74, 6) is -0.706. The molecular weight excluding hydrogens is 236 g/mol. The van der Waals surface area contributed by atoms with E-state index in [-0.39, 0.29) is 31.0 Å². The molecule has 4 N–H and O–H groups in total. The molecule has 18 heavy (non-hydrogen) atoms. The highest BCUT2D eigenvalue weighted by Gasteiger charge is 2.29. The molecule has 0 spiro atoms. The Kier molecular flexibility index (Phi) is 6.67. The Labute approximate surface area is 107 Å². The van der Waals surface area contributed by atoms with E-state index in [1.165, 1.54) is 0 Å². The Morgan fingerprint density at radius 1 is 1.33 bits per heavy atom. The van der Waals surface area contributed by atoms with Gasteiger partial charge in [-0.2, -0.15) is 0 Å². The van der Waals surface area contributed by atoms with Gasteiger partial charge in [0.2, 0.25) is 5.91 Å². The SMILES string of the molecule is NCC1CCCCC1C(=O)NCCOCC(=O)O. The van der Waals surface area contributed by atoms with Crippen LogP contribution in [0.5, 0.6) is 0 Å². The number of ether oxygens (including phenoxy) is 1. The van der Waals surface area contributed by atoms with Crippen molar-refractivity contribution < 1.29 is 19.4 Å². The Bertz CT molecular complexity index is 283. The van der Waals surface area contributed by atoms with Crippen LogP contribution in [0.15, 0.2) is 0 Å². The fourth-order valence-electron chi connectivity index (χ4n) is 2.37. The van der Waals surface area contributed by atoms with Crippen molar-refractivity contribution in [3.63, 3.8) is 0 Å². The van der Waals surface area contributed by atoms with Gasteiger partial charge >= 0.3 is 5.97 Å². The van der Waals surface area contributed by atoms with Gasteiger partial charge in [0.1, 0.15) is 6.61 Å². The Morgan fingerprint density at radius 2 is 2.06 bits per heavy atom. The van der Waals surface area contributed by atoms with E-state index in [4.69, 9.17) is 15.6 Å². The van der Waals surface area contributed by atoms with Crippen molar-refractivity contribution in [3.05, 3.63) is 0 Å². The molecule has 0 aromatic rings. The molecule has 0 bridgehead atoms. The second-order valence-corrected chi connectivity index (χ2v) is 4.62. The van der Waals surface area contributed by atoms with Crippen LogP contribution in [0.1, 0.15) is 25.7 Å². The highest BCUT2D eigenvalue weighted by Crippen LogP contribution is 2.29. The van der Waals surface area contributed by atoms with Gasteiger partial charge < -0.3 is 20.9 Å². The smallest absolute Gasteiger partial charge is 0.329 e. The molecule has 0 aliphatic heterocycles. The molecule has 104 valence electrons. The van der Waals surface area contributed by atoms with Crippen LogP contribution in [0, 0.1) is 11.8 Å². The summed E-state index contributed by atoms with van der Waals surface area (Å²) < 4.78 is 4.85. The molecule has 1 amide bonds. The number of carbonyl (C=O) groups excluding carboxylic acids is 1. The molecule has 1 aliphatic rings. The van der Waals surface area contributed by atoms with Crippen molar-refractivity contribution in [3.8, 4) is 0 Å². The fraction of sp³-hybridized carbons (Fsp3) is 0.833. The van der Waals surface area contributed by atoms with E-state index in [1.54, 1.807) is 0 Å². The lowest BCUT2D eigenvalue weighted by Gasteiger charge is -2.29. The van der Waals surface area contributed by atoms with Crippen LogP contribution in [0.2, 0.25) is 0 Å². The molecule has 1 fully saturated rings. The van der Waals surface area contributed by atoms with Crippen molar-refractivity contribution in [2.75, 3.05) is 26.3 Å². The summed E-state index contributed by atoms with van der Waals surface area (Å²) >= 11 is 0. The van der Waals surface area contributed by atoms with Crippen molar-refractivity contribution in [1.29, 1.82) is 0 Å². The van der Waals surface area contributed by atoms with Crippen LogP contribution in [-0.4, -0.2) is 43.3 Å². The number of nitrogens with one attached hydrogen (secondary N) is 1. The predicted octanol–water partition coefficient (Wildman–Crippen LogP) is -0.0311. The number of rotatable bonds is 7. The number of hydrogen-bond acceptors (Lipinski definition) is 4. The van der Waals surface area contributed by atoms with Crippen LogP contribution >= 0.6 is 0 Å². The van der Waals surface area contributed by atoms with E-state index < -0.39 is 5.97 Å². The quantitative estimate of drug-likeness (QED) is 0.557. The normalized spacial score (nSPS) is 23.6. The monoisotopic (exact) mass is 258 g/mol. The summed E-state index contributed by atoms with van der Waals surface area (Å²) in [4.78, 5) is 22.1. The molecule has 2 atom stereocenters. The minimum absolute atomic E-state index is 0.00298. The van der Waals surface area contributed by atoms with Gasteiger partial charge in [-0.25, -0.2) is 4.79 Å². The predicted molar refractivity (Wildman–Crippen MR) is 66.0 cm³/mol. The highest BCUT2D eigenvalue weighted by atomic mass is 16.5. The van der Waals surface area contributed by atoms with Gasteiger partial charge in [0.25, 0.3) is 0 Å². The molecule has 1 aliphatic carbocycles. The van der Waals surface area contributed by atoms with Crippen molar-refractivity contribution >= 4 is 11.9 Å². The first-order chi connectivity index (χ1) is 8.65. The summed E-state index contributed by atoms with van der Waals surface area (Å²) in [5.41, 5.74) is 5.67. The third-order valence-electron chi connectivity index (χ3n) is 3.32. The molecule has 1 saturated carbocycles. The van der Waals surface area contributed by atoms with E-state index in [1.807, 2.05) is 0 Å². The minimum Gasteiger partial charge on any atom is -0.480 e. The number of carboxylic acids is 1. The zero-order valence-electron chi connectivity index (χ0n) is 10.6. The van der Waals surface area contributed by atoms with Crippen molar-refractivity contribution in [2.45, 2.75) is 25.7 Å². The molecule has 0 heterocycles. The largest absolute Gasteiger partial charge is 0.480 e. The van der Waals surface area contributed by atoms with Crippen LogP contribution in [0.25, 0.3) is 0 Å². The van der Waals surface area contributed by atoms with Gasteiger partial charge in [-0.3, -0.25) is 4.79 Å². The molecule has 0 saturated heterocycles. The summed E-state index contributed by atoms with van der Waals surface area (Å²) in [5, 5.41) is 11.1.